The van der Waals surface area contributed by atoms with Crippen molar-refractivity contribution in [2.75, 3.05) is 7.11 Å². The molecule has 0 atom stereocenters. The van der Waals surface area contributed by atoms with Gasteiger partial charge in [-0.15, -0.1) is 0 Å². The van der Waals surface area contributed by atoms with E-state index in [9.17, 15) is 9.90 Å². The van der Waals surface area contributed by atoms with E-state index in [1.165, 1.54) is 13.2 Å². The van der Waals surface area contributed by atoms with Crippen LogP contribution in [0, 0.1) is 11.8 Å². The SMILES string of the molecule is COC(=O)CC#Cc1cc(Br)ccc1O. The normalized spacial score (nSPS) is 8.93. The number of aromatic hydroxyl groups is 1. The number of halogens is 1. The molecular weight excluding hydrogens is 260 g/mol. The van der Waals surface area contributed by atoms with Crippen LogP contribution in [0.2, 0.25) is 0 Å². The van der Waals surface area contributed by atoms with Crippen LogP contribution in [0.5, 0.6) is 5.75 Å². The summed E-state index contributed by atoms with van der Waals surface area (Å²) in [5.41, 5.74) is 0.480. The Hall–Kier alpha value is -1.47. The molecule has 0 aliphatic carbocycles. The second kappa shape index (κ2) is 5.42. The zero-order valence-electron chi connectivity index (χ0n) is 8.08. The fraction of sp³-hybridized carbons (Fsp3) is 0.182. The number of rotatable bonds is 1. The summed E-state index contributed by atoms with van der Waals surface area (Å²) in [6, 6.07) is 4.92. The molecule has 1 aromatic rings. The van der Waals surface area contributed by atoms with Crippen molar-refractivity contribution in [3.63, 3.8) is 0 Å². The number of hydrogen-bond acceptors (Lipinski definition) is 3. The van der Waals surface area contributed by atoms with Gasteiger partial charge in [-0.2, -0.15) is 0 Å². The van der Waals surface area contributed by atoms with Crippen LogP contribution in [0.3, 0.4) is 0 Å². The zero-order valence-corrected chi connectivity index (χ0v) is 9.67. The maximum absolute atomic E-state index is 10.8. The second-order valence-electron chi connectivity index (χ2n) is 2.72. The first-order chi connectivity index (χ1) is 7.13. The van der Waals surface area contributed by atoms with Gasteiger partial charge in [-0.3, -0.25) is 4.79 Å². The molecule has 0 bridgehead atoms. The smallest absolute Gasteiger partial charge is 0.317 e. The largest absolute Gasteiger partial charge is 0.507 e. The lowest BCUT2D eigenvalue weighted by atomic mass is 10.2. The first kappa shape index (κ1) is 11.6. The van der Waals surface area contributed by atoms with Crippen LogP contribution in [0.25, 0.3) is 0 Å². The van der Waals surface area contributed by atoms with E-state index in [-0.39, 0.29) is 12.2 Å². The van der Waals surface area contributed by atoms with E-state index in [0.29, 0.717) is 5.56 Å². The molecule has 0 amide bonds. The number of ether oxygens (including phenoxy) is 1. The van der Waals surface area contributed by atoms with Crippen LogP contribution < -0.4 is 0 Å². The maximum atomic E-state index is 10.8. The molecule has 15 heavy (non-hydrogen) atoms. The van der Waals surface area contributed by atoms with Crippen LogP contribution in [0.4, 0.5) is 0 Å². The Morgan fingerprint density at radius 2 is 2.33 bits per heavy atom. The summed E-state index contributed by atoms with van der Waals surface area (Å²) in [5, 5.41) is 9.42. The minimum atomic E-state index is -0.392. The van der Waals surface area contributed by atoms with E-state index in [2.05, 4.69) is 32.5 Å². The minimum absolute atomic E-state index is 0.0163. The molecule has 3 nitrogen and oxygen atoms in total. The Bertz CT molecular complexity index is 429. The number of benzene rings is 1. The molecule has 0 aromatic heterocycles. The number of carbonyl (C=O) groups is 1. The monoisotopic (exact) mass is 268 g/mol. The van der Waals surface area contributed by atoms with Crippen molar-refractivity contribution in [1.82, 2.24) is 0 Å². The van der Waals surface area contributed by atoms with Gasteiger partial charge in [0, 0.05) is 4.47 Å². The lowest BCUT2D eigenvalue weighted by Gasteiger charge is -1.96. The predicted molar refractivity (Wildman–Crippen MR) is 59.3 cm³/mol. The van der Waals surface area contributed by atoms with Crippen molar-refractivity contribution in [3.8, 4) is 17.6 Å². The number of phenolic OH excluding ortho intramolecular Hbond substituents is 1. The highest BCUT2D eigenvalue weighted by Crippen LogP contribution is 2.20. The van der Waals surface area contributed by atoms with Crippen molar-refractivity contribution in [2.24, 2.45) is 0 Å². The van der Waals surface area contributed by atoms with Crippen molar-refractivity contribution in [3.05, 3.63) is 28.2 Å². The van der Waals surface area contributed by atoms with Crippen molar-refractivity contribution in [2.45, 2.75) is 6.42 Å². The van der Waals surface area contributed by atoms with Crippen LogP contribution in [0.15, 0.2) is 22.7 Å². The number of methoxy groups -OCH3 is 1. The van der Waals surface area contributed by atoms with Gasteiger partial charge in [-0.1, -0.05) is 27.8 Å². The fourth-order valence-corrected chi connectivity index (χ4v) is 1.25. The molecule has 0 saturated heterocycles. The molecule has 0 aliphatic rings. The Balaban J connectivity index is 2.79. The molecule has 0 fully saturated rings. The molecule has 0 radical (unpaired) electrons. The second-order valence-corrected chi connectivity index (χ2v) is 3.63. The third-order valence-corrected chi connectivity index (χ3v) is 2.14. The number of esters is 1. The Kier molecular flexibility index (Phi) is 4.19. The van der Waals surface area contributed by atoms with Crippen LogP contribution in [-0.4, -0.2) is 18.2 Å². The standard InChI is InChI=1S/C11H9BrO3/c1-15-11(14)4-2-3-8-7-9(12)5-6-10(8)13/h5-7,13H,4H2,1H3. The molecule has 1 aromatic carbocycles. The highest BCUT2D eigenvalue weighted by Gasteiger charge is 1.98. The molecule has 4 heteroatoms. The third kappa shape index (κ3) is 3.64. The summed E-state index contributed by atoms with van der Waals surface area (Å²) in [5.74, 6) is 5.00. The molecule has 1 rings (SSSR count). The maximum Gasteiger partial charge on any atom is 0.317 e. The average Bonchev–Trinajstić information content (AvgIpc) is 2.23. The molecule has 0 saturated carbocycles. The van der Waals surface area contributed by atoms with Gasteiger partial charge >= 0.3 is 5.97 Å². The molecule has 78 valence electrons. The summed E-state index contributed by atoms with van der Waals surface area (Å²) >= 11 is 3.26. The molecule has 1 N–H and O–H groups in total. The third-order valence-electron chi connectivity index (χ3n) is 1.64. The molecule has 0 unspecified atom stereocenters. The van der Waals surface area contributed by atoms with Gasteiger partial charge in [0.15, 0.2) is 0 Å². The summed E-state index contributed by atoms with van der Waals surface area (Å²) in [6.45, 7) is 0. The Labute approximate surface area is 96.2 Å². The van der Waals surface area contributed by atoms with Gasteiger partial charge < -0.3 is 9.84 Å². The van der Waals surface area contributed by atoms with Crippen LogP contribution in [0.1, 0.15) is 12.0 Å². The van der Waals surface area contributed by atoms with Gasteiger partial charge in [-0.05, 0) is 18.2 Å². The predicted octanol–water partition coefficient (Wildman–Crippen LogP) is 2.07. The van der Waals surface area contributed by atoms with E-state index >= 15 is 0 Å². The molecule has 0 spiro atoms. The number of carbonyl (C=O) groups excluding carboxylic acids is 1. The van der Waals surface area contributed by atoms with Gasteiger partial charge in [0.2, 0.25) is 0 Å². The quantitative estimate of drug-likeness (QED) is 0.627. The van der Waals surface area contributed by atoms with Crippen LogP contribution >= 0.6 is 15.9 Å². The van der Waals surface area contributed by atoms with Crippen LogP contribution in [-0.2, 0) is 9.53 Å². The lowest BCUT2D eigenvalue weighted by Crippen LogP contribution is -1.97. The van der Waals surface area contributed by atoms with Crippen molar-refractivity contribution >= 4 is 21.9 Å². The Morgan fingerprint density at radius 1 is 1.60 bits per heavy atom. The van der Waals surface area contributed by atoms with E-state index < -0.39 is 5.97 Å². The fourth-order valence-electron chi connectivity index (χ4n) is 0.892. The van der Waals surface area contributed by atoms with E-state index in [4.69, 9.17) is 0 Å². The van der Waals surface area contributed by atoms with Crippen molar-refractivity contribution in [1.29, 1.82) is 0 Å². The molecule has 0 heterocycles. The summed E-state index contributed by atoms with van der Waals surface area (Å²) in [6.07, 6.45) is 0.0163. The zero-order chi connectivity index (χ0) is 11.3. The summed E-state index contributed by atoms with van der Waals surface area (Å²) in [4.78, 5) is 10.8. The first-order valence-corrected chi connectivity index (χ1v) is 4.97. The van der Waals surface area contributed by atoms with Gasteiger partial charge in [-0.25, -0.2) is 0 Å². The minimum Gasteiger partial charge on any atom is -0.507 e. The highest BCUT2D eigenvalue weighted by molar-refractivity contribution is 9.10. The van der Waals surface area contributed by atoms with Gasteiger partial charge in [0.05, 0.1) is 12.7 Å². The van der Waals surface area contributed by atoms with Gasteiger partial charge in [0.1, 0.15) is 12.2 Å². The number of hydrogen-bond donors (Lipinski definition) is 1. The average molecular weight is 269 g/mol. The van der Waals surface area contributed by atoms with E-state index in [1.807, 2.05) is 0 Å². The lowest BCUT2D eigenvalue weighted by molar-refractivity contribution is -0.139. The summed E-state index contributed by atoms with van der Waals surface area (Å²) in [7, 11) is 1.31. The van der Waals surface area contributed by atoms with E-state index in [1.54, 1.807) is 12.1 Å². The first-order valence-electron chi connectivity index (χ1n) is 4.17. The topological polar surface area (TPSA) is 46.5 Å². The molecule has 0 aliphatic heterocycles. The van der Waals surface area contributed by atoms with Crippen molar-refractivity contribution < 1.29 is 14.6 Å². The highest BCUT2D eigenvalue weighted by atomic mass is 79.9. The van der Waals surface area contributed by atoms with E-state index in [0.717, 1.165) is 4.47 Å². The van der Waals surface area contributed by atoms with Gasteiger partial charge in [0.25, 0.3) is 0 Å². The summed E-state index contributed by atoms with van der Waals surface area (Å²) < 4.78 is 5.25. The Morgan fingerprint density at radius 3 is 3.00 bits per heavy atom. The molecular formula is C11H9BrO3. The number of phenols is 1.